The van der Waals surface area contributed by atoms with Gasteiger partial charge in [0.1, 0.15) is 5.75 Å². The van der Waals surface area contributed by atoms with Crippen LogP contribution in [0.2, 0.25) is 0 Å². The lowest BCUT2D eigenvalue weighted by Crippen LogP contribution is -2.44. The van der Waals surface area contributed by atoms with E-state index < -0.39 is 0 Å². The van der Waals surface area contributed by atoms with Crippen molar-refractivity contribution in [3.8, 4) is 5.75 Å². The number of rotatable bonds is 7. The maximum Gasteiger partial charge on any atom is 0.191 e. The lowest BCUT2D eigenvalue weighted by molar-refractivity contribution is 0.409. The van der Waals surface area contributed by atoms with Crippen molar-refractivity contribution in [2.75, 3.05) is 32.6 Å². The molecule has 2 rings (SSSR count). The molecule has 0 heterocycles. The highest BCUT2D eigenvalue weighted by Gasteiger charge is 2.10. The molecule has 2 N–H and O–H groups in total. The summed E-state index contributed by atoms with van der Waals surface area (Å²) in [5.41, 5.74) is 2.30. The van der Waals surface area contributed by atoms with Gasteiger partial charge in [0.15, 0.2) is 5.96 Å². The van der Waals surface area contributed by atoms with Crippen molar-refractivity contribution in [2.45, 2.75) is 19.5 Å². The SMILES string of the molecule is CN=C(NCc1ccccc1OC)NCC(C)N(C)c1ccccc1.I. The summed E-state index contributed by atoms with van der Waals surface area (Å²) < 4.78 is 5.38. The zero-order valence-corrected chi connectivity index (χ0v) is 18.2. The summed E-state index contributed by atoms with van der Waals surface area (Å²) in [6.07, 6.45) is 0. The first-order valence-electron chi connectivity index (χ1n) is 8.50. The summed E-state index contributed by atoms with van der Waals surface area (Å²) in [5, 5.41) is 6.72. The summed E-state index contributed by atoms with van der Waals surface area (Å²) >= 11 is 0. The van der Waals surface area contributed by atoms with E-state index in [0.29, 0.717) is 12.6 Å². The van der Waals surface area contributed by atoms with Gasteiger partial charge in [-0.1, -0.05) is 36.4 Å². The van der Waals surface area contributed by atoms with Gasteiger partial charge in [0.2, 0.25) is 0 Å². The molecule has 0 spiro atoms. The summed E-state index contributed by atoms with van der Waals surface area (Å²) in [6.45, 7) is 3.64. The average molecular weight is 468 g/mol. The van der Waals surface area contributed by atoms with E-state index in [-0.39, 0.29) is 24.0 Å². The minimum Gasteiger partial charge on any atom is -0.496 e. The molecule has 0 bridgehead atoms. The normalized spacial score (nSPS) is 11.9. The molecule has 1 atom stereocenters. The Morgan fingerprint density at radius 3 is 2.38 bits per heavy atom. The smallest absolute Gasteiger partial charge is 0.191 e. The minimum atomic E-state index is 0. The number of likely N-dealkylation sites (N-methyl/N-ethyl adjacent to an activating group) is 1. The predicted molar refractivity (Wildman–Crippen MR) is 121 cm³/mol. The van der Waals surface area contributed by atoms with Crippen molar-refractivity contribution < 1.29 is 4.74 Å². The molecule has 0 saturated carbocycles. The molecule has 6 heteroatoms. The van der Waals surface area contributed by atoms with E-state index in [2.05, 4.69) is 58.8 Å². The molecule has 0 amide bonds. The lowest BCUT2D eigenvalue weighted by Gasteiger charge is -2.28. The average Bonchev–Trinajstić information content (AvgIpc) is 2.68. The Kier molecular flexibility index (Phi) is 9.87. The molecule has 0 fully saturated rings. The van der Waals surface area contributed by atoms with E-state index in [4.69, 9.17) is 4.74 Å². The van der Waals surface area contributed by atoms with Gasteiger partial charge in [0.05, 0.1) is 7.11 Å². The van der Waals surface area contributed by atoms with Crippen LogP contribution in [0.15, 0.2) is 59.6 Å². The van der Waals surface area contributed by atoms with Crippen LogP contribution in [-0.2, 0) is 6.54 Å². The Hall–Kier alpha value is -1.96. The zero-order valence-electron chi connectivity index (χ0n) is 15.9. The van der Waals surface area contributed by atoms with Gasteiger partial charge in [0, 0.05) is 44.5 Å². The Morgan fingerprint density at radius 2 is 1.73 bits per heavy atom. The Balaban J connectivity index is 0.00000338. The second kappa shape index (κ2) is 11.6. The van der Waals surface area contributed by atoms with Crippen LogP contribution < -0.4 is 20.3 Å². The standard InChI is InChI=1S/C20H28N4O.HI/c1-16(24(3)18-11-6-5-7-12-18)14-22-20(21-2)23-15-17-10-8-9-13-19(17)25-4;/h5-13,16H,14-15H2,1-4H3,(H2,21,22,23);1H. The van der Waals surface area contributed by atoms with E-state index in [1.165, 1.54) is 5.69 Å². The van der Waals surface area contributed by atoms with Crippen LogP contribution in [0.3, 0.4) is 0 Å². The van der Waals surface area contributed by atoms with E-state index >= 15 is 0 Å². The van der Waals surface area contributed by atoms with Gasteiger partial charge in [-0.15, -0.1) is 24.0 Å². The van der Waals surface area contributed by atoms with E-state index in [1.54, 1.807) is 14.2 Å². The number of aliphatic imine (C=N–C) groups is 1. The summed E-state index contributed by atoms with van der Waals surface area (Å²) in [6, 6.07) is 18.7. The van der Waals surface area contributed by atoms with Crippen LogP contribution >= 0.6 is 24.0 Å². The van der Waals surface area contributed by atoms with E-state index in [1.807, 2.05) is 30.3 Å². The molecule has 0 saturated heterocycles. The number of methoxy groups -OCH3 is 1. The summed E-state index contributed by atoms with van der Waals surface area (Å²) in [5.74, 6) is 1.65. The topological polar surface area (TPSA) is 48.9 Å². The molecule has 0 aliphatic heterocycles. The lowest BCUT2D eigenvalue weighted by atomic mass is 10.2. The van der Waals surface area contributed by atoms with Gasteiger partial charge < -0.3 is 20.3 Å². The minimum absolute atomic E-state index is 0. The highest BCUT2D eigenvalue weighted by Crippen LogP contribution is 2.16. The molecule has 5 nitrogen and oxygen atoms in total. The number of hydrogen-bond acceptors (Lipinski definition) is 3. The molecule has 0 aromatic heterocycles. The molecule has 0 aliphatic rings. The third kappa shape index (κ3) is 6.40. The van der Waals surface area contributed by atoms with E-state index in [9.17, 15) is 0 Å². The fourth-order valence-corrected chi connectivity index (χ4v) is 2.55. The molecule has 142 valence electrons. The highest BCUT2D eigenvalue weighted by molar-refractivity contribution is 14.0. The molecule has 0 aliphatic carbocycles. The van der Waals surface area contributed by atoms with Gasteiger partial charge >= 0.3 is 0 Å². The third-order valence-electron chi connectivity index (χ3n) is 4.25. The number of halogens is 1. The van der Waals surface area contributed by atoms with Gasteiger partial charge in [-0.05, 0) is 25.1 Å². The fourth-order valence-electron chi connectivity index (χ4n) is 2.55. The van der Waals surface area contributed by atoms with Crippen LogP contribution in [0, 0.1) is 0 Å². The maximum atomic E-state index is 5.38. The summed E-state index contributed by atoms with van der Waals surface area (Å²) in [7, 11) is 5.57. The Labute approximate surface area is 173 Å². The van der Waals surface area contributed by atoms with Gasteiger partial charge in [-0.2, -0.15) is 0 Å². The molecule has 2 aromatic rings. The Morgan fingerprint density at radius 1 is 1.08 bits per heavy atom. The second-order valence-corrected chi connectivity index (χ2v) is 5.91. The number of hydrogen-bond donors (Lipinski definition) is 2. The number of ether oxygens (including phenoxy) is 1. The highest BCUT2D eigenvalue weighted by atomic mass is 127. The first-order valence-corrected chi connectivity index (χ1v) is 8.50. The third-order valence-corrected chi connectivity index (χ3v) is 4.25. The maximum absolute atomic E-state index is 5.38. The molecular weight excluding hydrogens is 439 g/mol. The molecular formula is C20H29IN4O. The number of nitrogens with one attached hydrogen (secondary N) is 2. The van der Waals surface area contributed by atoms with Crippen LogP contribution in [0.4, 0.5) is 5.69 Å². The van der Waals surface area contributed by atoms with Crippen molar-refractivity contribution in [3.63, 3.8) is 0 Å². The van der Waals surface area contributed by atoms with Crippen molar-refractivity contribution in [2.24, 2.45) is 4.99 Å². The number of anilines is 1. The monoisotopic (exact) mass is 468 g/mol. The quantitative estimate of drug-likeness (QED) is 0.371. The number of guanidine groups is 1. The fraction of sp³-hybridized carbons (Fsp3) is 0.350. The van der Waals surface area contributed by atoms with Crippen LogP contribution in [0.25, 0.3) is 0 Å². The molecule has 0 radical (unpaired) electrons. The zero-order chi connectivity index (χ0) is 18.1. The van der Waals surface area contributed by atoms with Crippen LogP contribution in [0.5, 0.6) is 5.75 Å². The first-order chi connectivity index (χ1) is 12.2. The summed E-state index contributed by atoms with van der Waals surface area (Å²) in [4.78, 5) is 6.55. The number of benzene rings is 2. The predicted octanol–water partition coefficient (Wildman–Crippen LogP) is 3.50. The van der Waals surface area contributed by atoms with Crippen molar-refractivity contribution >= 4 is 35.6 Å². The van der Waals surface area contributed by atoms with Crippen molar-refractivity contribution in [1.82, 2.24) is 10.6 Å². The first kappa shape index (κ1) is 22.1. The van der Waals surface area contributed by atoms with E-state index in [0.717, 1.165) is 23.8 Å². The van der Waals surface area contributed by atoms with Crippen LogP contribution in [-0.4, -0.2) is 39.8 Å². The van der Waals surface area contributed by atoms with Crippen molar-refractivity contribution in [1.29, 1.82) is 0 Å². The molecule has 2 aromatic carbocycles. The molecule has 1 unspecified atom stereocenters. The largest absolute Gasteiger partial charge is 0.496 e. The van der Waals surface area contributed by atoms with Gasteiger partial charge in [0.25, 0.3) is 0 Å². The van der Waals surface area contributed by atoms with Gasteiger partial charge in [-0.25, -0.2) is 0 Å². The Bertz CT molecular complexity index is 679. The second-order valence-electron chi connectivity index (χ2n) is 5.91. The van der Waals surface area contributed by atoms with Crippen molar-refractivity contribution in [3.05, 3.63) is 60.2 Å². The number of para-hydroxylation sites is 2. The van der Waals surface area contributed by atoms with Gasteiger partial charge in [-0.3, -0.25) is 4.99 Å². The van der Waals surface area contributed by atoms with Crippen LogP contribution in [0.1, 0.15) is 12.5 Å². The number of nitrogens with zero attached hydrogens (tertiary/aromatic N) is 2. The molecule has 26 heavy (non-hydrogen) atoms.